The van der Waals surface area contributed by atoms with E-state index in [-0.39, 0.29) is 24.5 Å². The molecule has 0 spiro atoms. The van der Waals surface area contributed by atoms with Gasteiger partial charge in [-0.2, -0.15) is 0 Å². The van der Waals surface area contributed by atoms with Gasteiger partial charge in [0, 0.05) is 25.1 Å². The number of hydrogen-bond acceptors (Lipinski definition) is 7. The van der Waals surface area contributed by atoms with Crippen LogP contribution in [-0.2, 0) is 9.59 Å². The number of fused-ring (bicyclic) bond motifs is 1. The zero-order valence-electron chi connectivity index (χ0n) is 15.2. The van der Waals surface area contributed by atoms with Crippen LogP contribution in [0.1, 0.15) is 37.5 Å². The van der Waals surface area contributed by atoms with Gasteiger partial charge in [0.25, 0.3) is 0 Å². The Morgan fingerprint density at radius 3 is 2.93 bits per heavy atom. The molecule has 2 amide bonds. The molecule has 9 heteroatoms. The highest BCUT2D eigenvalue weighted by atomic mass is 16.7. The van der Waals surface area contributed by atoms with Crippen LogP contribution in [0.5, 0.6) is 11.5 Å². The zero-order chi connectivity index (χ0) is 19.1. The highest BCUT2D eigenvalue weighted by Crippen LogP contribution is 2.36. The summed E-state index contributed by atoms with van der Waals surface area (Å²) in [5.74, 6) is 2.21. The van der Waals surface area contributed by atoms with Crippen molar-refractivity contribution in [3.05, 3.63) is 24.1 Å². The smallest absolute Gasteiger partial charge is 0.247 e. The molecule has 3 aliphatic rings. The maximum absolute atomic E-state index is 12.7. The molecular weight excluding hydrogens is 364 g/mol. The SMILES string of the molecule is O=C1CCC(C(=O)N2CCCC(c3nnc(-c4ccc5c(c4)OCO5)o3)C2)N1. The minimum absolute atomic E-state index is 0.00920. The van der Waals surface area contributed by atoms with Gasteiger partial charge in [-0.25, -0.2) is 0 Å². The van der Waals surface area contributed by atoms with Crippen molar-refractivity contribution in [2.75, 3.05) is 19.9 Å². The zero-order valence-corrected chi connectivity index (χ0v) is 15.2. The number of benzene rings is 1. The number of nitrogens with zero attached hydrogens (tertiary/aromatic N) is 3. The molecule has 2 atom stereocenters. The van der Waals surface area contributed by atoms with Crippen molar-refractivity contribution in [3.8, 4) is 23.0 Å². The molecule has 2 unspecified atom stereocenters. The first-order valence-corrected chi connectivity index (χ1v) is 9.49. The third-order valence-corrected chi connectivity index (χ3v) is 5.44. The Labute approximate surface area is 161 Å². The number of likely N-dealkylation sites (tertiary alicyclic amines) is 1. The summed E-state index contributed by atoms with van der Waals surface area (Å²) < 4.78 is 16.6. The van der Waals surface area contributed by atoms with Gasteiger partial charge in [0.1, 0.15) is 6.04 Å². The van der Waals surface area contributed by atoms with Crippen LogP contribution < -0.4 is 14.8 Å². The average Bonchev–Trinajstić information content (AvgIpc) is 3.47. The summed E-state index contributed by atoms with van der Waals surface area (Å²) in [6.45, 7) is 1.42. The predicted molar refractivity (Wildman–Crippen MR) is 95.6 cm³/mol. The van der Waals surface area contributed by atoms with Gasteiger partial charge in [-0.1, -0.05) is 0 Å². The Balaban J connectivity index is 1.30. The minimum Gasteiger partial charge on any atom is -0.454 e. The summed E-state index contributed by atoms with van der Waals surface area (Å²) in [7, 11) is 0. The van der Waals surface area contributed by atoms with Crippen LogP contribution in [0.4, 0.5) is 0 Å². The molecule has 3 aliphatic heterocycles. The third kappa shape index (κ3) is 3.06. The topological polar surface area (TPSA) is 107 Å². The molecule has 0 aliphatic carbocycles. The standard InChI is InChI=1S/C19H20N4O5/c24-16-6-4-13(20-16)19(25)23-7-1-2-12(9-23)18-22-21-17(28-18)11-3-5-14-15(8-11)27-10-26-14/h3,5,8,12-13H,1-2,4,6-7,9-10H2,(H,20,24). The number of carbonyl (C=O) groups is 2. The maximum Gasteiger partial charge on any atom is 0.247 e. The van der Waals surface area contributed by atoms with Crippen LogP contribution >= 0.6 is 0 Å². The lowest BCUT2D eigenvalue weighted by molar-refractivity contribution is -0.135. The van der Waals surface area contributed by atoms with Crippen molar-refractivity contribution in [1.82, 2.24) is 20.4 Å². The fourth-order valence-corrected chi connectivity index (χ4v) is 3.94. The van der Waals surface area contributed by atoms with E-state index in [0.717, 1.165) is 18.4 Å². The first-order valence-electron chi connectivity index (χ1n) is 9.49. The second-order valence-corrected chi connectivity index (χ2v) is 7.30. The predicted octanol–water partition coefficient (Wildman–Crippen LogP) is 1.45. The van der Waals surface area contributed by atoms with Crippen molar-refractivity contribution in [1.29, 1.82) is 0 Å². The van der Waals surface area contributed by atoms with E-state index < -0.39 is 6.04 Å². The quantitative estimate of drug-likeness (QED) is 0.853. The van der Waals surface area contributed by atoms with E-state index in [1.165, 1.54) is 0 Å². The lowest BCUT2D eigenvalue weighted by Crippen LogP contribution is -2.48. The molecular formula is C19H20N4O5. The Morgan fingerprint density at radius 2 is 2.07 bits per heavy atom. The highest BCUT2D eigenvalue weighted by Gasteiger charge is 2.34. The van der Waals surface area contributed by atoms with Crippen LogP contribution in [0.15, 0.2) is 22.6 Å². The van der Waals surface area contributed by atoms with Crippen LogP contribution in [0.3, 0.4) is 0 Å². The van der Waals surface area contributed by atoms with Crippen molar-refractivity contribution in [3.63, 3.8) is 0 Å². The summed E-state index contributed by atoms with van der Waals surface area (Å²) >= 11 is 0. The number of hydrogen-bond donors (Lipinski definition) is 1. The van der Waals surface area contributed by atoms with E-state index in [1.807, 2.05) is 18.2 Å². The molecule has 1 aromatic heterocycles. The van der Waals surface area contributed by atoms with Crippen LogP contribution in [0.2, 0.25) is 0 Å². The summed E-state index contributed by atoms with van der Waals surface area (Å²) in [5, 5.41) is 11.1. The maximum atomic E-state index is 12.7. The Bertz CT molecular complexity index is 927. The average molecular weight is 384 g/mol. The van der Waals surface area contributed by atoms with Crippen molar-refractivity contribution in [2.24, 2.45) is 0 Å². The van der Waals surface area contributed by atoms with Gasteiger partial charge in [-0.05, 0) is 37.5 Å². The lowest BCUT2D eigenvalue weighted by atomic mass is 9.97. The van der Waals surface area contributed by atoms with Crippen LogP contribution in [0, 0.1) is 0 Å². The Morgan fingerprint density at radius 1 is 1.18 bits per heavy atom. The molecule has 9 nitrogen and oxygen atoms in total. The number of amides is 2. The van der Waals surface area contributed by atoms with Gasteiger partial charge in [0.15, 0.2) is 11.5 Å². The van der Waals surface area contributed by atoms with E-state index in [4.69, 9.17) is 13.9 Å². The highest BCUT2D eigenvalue weighted by molar-refractivity contribution is 5.90. The lowest BCUT2D eigenvalue weighted by Gasteiger charge is -2.32. The molecule has 5 rings (SSSR count). The fourth-order valence-electron chi connectivity index (χ4n) is 3.94. The monoisotopic (exact) mass is 384 g/mol. The largest absolute Gasteiger partial charge is 0.454 e. The van der Waals surface area contributed by atoms with Crippen LogP contribution in [0.25, 0.3) is 11.5 Å². The van der Waals surface area contributed by atoms with E-state index >= 15 is 0 Å². The normalized spacial score (nSPS) is 23.7. The van der Waals surface area contributed by atoms with Crippen molar-refractivity contribution in [2.45, 2.75) is 37.6 Å². The number of carbonyl (C=O) groups excluding carboxylic acids is 2. The van der Waals surface area contributed by atoms with Gasteiger partial charge < -0.3 is 24.1 Å². The first kappa shape index (κ1) is 17.0. The summed E-state index contributed by atoms with van der Waals surface area (Å²) in [4.78, 5) is 25.9. The van der Waals surface area contributed by atoms with E-state index in [2.05, 4.69) is 15.5 Å². The number of piperidine rings is 1. The molecule has 2 aromatic rings. The van der Waals surface area contributed by atoms with Gasteiger partial charge in [0.2, 0.25) is 30.4 Å². The molecule has 1 N–H and O–H groups in total. The molecule has 0 radical (unpaired) electrons. The van der Waals surface area contributed by atoms with Gasteiger partial charge in [-0.15, -0.1) is 10.2 Å². The Hall–Kier alpha value is -3.10. The molecule has 0 saturated carbocycles. The van der Waals surface area contributed by atoms with Gasteiger partial charge in [-0.3, -0.25) is 9.59 Å². The summed E-state index contributed by atoms with van der Waals surface area (Å²) in [6.07, 6.45) is 2.71. The molecule has 0 bridgehead atoms. The molecule has 146 valence electrons. The number of nitrogens with one attached hydrogen (secondary N) is 1. The van der Waals surface area contributed by atoms with Gasteiger partial charge >= 0.3 is 0 Å². The second-order valence-electron chi connectivity index (χ2n) is 7.30. The summed E-state index contributed by atoms with van der Waals surface area (Å²) in [5.41, 5.74) is 0.764. The van der Waals surface area contributed by atoms with E-state index in [1.54, 1.807) is 4.90 Å². The number of aromatic nitrogens is 2. The van der Waals surface area contributed by atoms with Crippen molar-refractivity contribution < 1.29 is 23.5 Å². The molecule has 2 saturated heterocycles. The van der Waals surface area contributed by atoms with E-state index in [9.17, 15) is 9.59 Å². The molecule has 2 fully saturated rings. The van der Waals surface area contributed by atoms with Crippen LogP contribution in [-0.4, -0.2) is 52.8 Å². The first-order chi connectivity index (χ1) is 13.7. The fraction of sp³-hybridized carbons (Fsp3) is 0.474. The van der Waals surface area contributed by atoms with Crippen molar-refractivity contribution >= 4 is 11.8 Å². The van der Waals surface area contributed by atoms with E-state index in [0.29, 0.717) is 49.2 Å². The number of ether oxygens (including phenoxy) is 2. The minimum atomic E-state index is -0.405. The second kappa shape index (κ2) is 6.81. The molecule has 4 heterocycles. The van der Waals surface area contributed by atoms with Gasteiger partial charge in [0.05, 0.1) is 5.92 Å². The Kier molecular flexibility index (Phi) is 4.14. The molecule has 1 aromatic carbocycles. The summed E-state index contributed by atoms with van der Waals surface area (Å²) in [6, 6.07) is 5.08. The molecule has 28 heavy (non-hydrogen) atoms. The number of rotatable bonds is 3. The third-order valence-electron chi connectivity index (χ3n) is 5.44.